The van der Waals surface area contributed by atoms with Gasteiger partial charge in [-0.2, -0.15) is 0 Å². The van der Waals surface area contributed by atoms with Crippen LogP contribution in [0, 0.1) is 0 Å². The zero-order valence-corrected chi connectivity index (χ0v) is 13.6. The van der Waals surface area contributed by atoms with E-state index in [2.05, 4.69) is 19.2 Å². The Labute approximate surface area is 134 Å². The van der Waals surface area contributed by atoms with Crippen LogP contribution < -0.4 is 14.8 Å². The van der Waals surface area contributed by atoms with E-state index in [9.17, 15) is 4.79 Å². The lowest BCUT2D eigenvalue weighted by molar-refractivity contribution is 0.103. The highest BCUT2D eigenvalue weighted by Crippen LogP contribution is 2.34. The van der Waals surface area contributed by atoms with Crippen LogP contribution in [0.5, 0.6) is 11.5 Å². The Morgan fingerprint density at radius 2 is 2.05 bits per heavy atom. The fourth-order valence-electron chi connectivity index (χ4n) is 2.48. The highest BCUT2D eigenvalue weighted by atomic mass is 32.1. The Morgan fingerprint density at radius 3 is 2.82 bits per heavy atom. The minimum absolute atomic E-state index is 0.0686. The number of thiophene rings is 1. The Bertz CT molecular complexity index is 693. The molecule has 3 rings (SSSR count). The zero-order chi connectivity index (χ0) is 15.5. The van der Waals surface area contributed by atoms with Crippen molar-refractivity contribution >= 4 is 22.9 Å². The van der Waals surface area contributed by atoms with Gasteiger partial charge < -0.3 is 14.8 Å². The summed E-state index contributed by atoms with van der Waals surface area (Å²) in [6, 6.07) is 7.44. The fraction of sp³-hybridized carbons (Fsp3) is 0.353. The summed E-state index contributed by atoms with van der Waals surface area (Å²) < 4.78 is 10.6. The number of anilines is 1. The molecule has 116 valence electrons. The van der Waals surface area contributed by atoms with Gasteiger partial charge in [0.1, 0.15) is 0 Å². The van der Waals surface area contributed by atoms with Gasteiger partial charge in [-0.15, -0.1) is 11.3 Å². The van der Waals surface area contributed by atoms with Crippen LogP contribution in [0.2, 0.25) is 0 Å². The Kier molecular flexibility index (Phi) is 4.34. The minimum Gasteiger partial charge on any atom is -0.454 e. The van der Waals surface area contributed by atoms with Gasteiger partial charge in [0.15, 0.2) is 11.5 Å². The van der Waals surface area contributed by atoms with Gasteiger partial charge in [0.25, 0.3) is 5.91 Å². The number of hydrogen-bond donors (Lipinski definition) is 1. The van der Waals surface area contributed by atoms with Crippen LogP contribution in [0.25, 0.3) is 0 Å². The van der Waals surface area contributed by atoms with Crippen LogP contribution in [0.15, 0.2) is 24.3 Å². The second-order valence-electron chi connectivity index (χ2n) is 5.18. The lowest BCUT2D eigenvalue weighted by atomic mass is 10.1. The summed E-state index contributed by atoms with van der Waals surface area (Å²) in [6.45, 7) is 4.52. The molecule has 0 radical (unpaired) electrons. The molecular weight excluding hydrogens is 298 g/mol. The molecule has 0 unspecified atom stereocenters. The van der Waals surface area contributed by atoms with Crippen LogP contribution in [-0.4, -0.2) is 12.7 Å². The summed E-state index contributed by atoms with van der Waals surface area (Å²) in [5.74, 6) is 1.32. The number of rotatable bonds is 5. The Morgan fingerprint density at radius 1 is 1.23 bits per heavy atom. The summed E-state index contributed by atoms with van der Waals surface area (Å²) in [6.07, 6.45) is 3.09. The molecule has 0 atom stereocenters. The summed E-state index contributed by atoms with van der Waals surface area (Å²) in [5.41, 5.74) is 2.00. The maximum atomic E-state index is 12.4. The van der Waals surface area contributed by atoms with Crippen molar-refractivity contribution in [2.75, 3.05) is 12.1 Å². The van der Waals surface area contributed by atoms with E-state index in [1.165, 1.54) is 10.4 Å². The maximum absolute atomic E-state index is 12.4. The molecule has 22 heavy (non-hydrogen) atoms. The molecule has 1 N–H and O–H groups in total. The largest absolute Gasteiger partial charge is 0.454 e. The van der Waals surface area contributed by atoms with Crippen LogP contribution in [0.4, 0.5) is 5.69 Å². The highest BCUT2D eigenvalue weighted by molar-refractivity contribution is 7.14. The van der Waals surface area contributed by atoms with Crippen molar-refractivity contribution in [1.82, 2.24) is 0 Å². The third kappa shape index (κ3) is 2.95. The number of carbonyl (C=O) groups is 1. The lowest BCUT2D eigenvalue weighted by Crippen LogP contribution is -2.09. The van der Waals surface area contributed by atoms with E-state index in [1.807, 2.05) is 18.2 Å². The third-order valence-corrected chi connectivity index (χ3v) is 4.84. The molecule has 1 amide bonds. The van der Waals surface area contributed by atoms with Crippen LogP contribution in [-0.2, 0) is 12.8 Å². The van der Waals surface area contributed by atoms with Gasteiger partial charge >= 0.3 is 0 Å². The van der Waals surface area contributed by atoms with Crippen LogP contribution >= 0.6 is 11.3 Å². The molecule has 1 aliphatic rings. The van der Waals surface area contributed by atoms with E-state index >= 15 is 0 Å². The van der Waals surface area contributed by atoms with Crippen molar-refractivity contribution in [3.63, 3.8) is 0 Å². The number of aryl methyl sites for hydroxylation is 2. The first-order valence-corrected chi connectivity index (χ1v) is 8.35. The molecule has 0 spiro atoms. The van der Waals surface area contributed by atoms with E-state index in [0.717, 1.165) is 29.8 Å². The van der Waals surface area contributed by atoms with E-state index in [-0.39, 0.29) is 12.7 Å². The van der Waals surface area contributed by atoms with Gasteiger partial charge in [-0.25, -0.2) is 0 Å². The number of nitrogens with one attached hydrogen (secondary N) is 1. The van der Waals surface area contributed by atoms with Gasteiger partial charge in [0.2, 0.25) is 6.79 Å². The standard InChI is InChI=1S/C17H19NO3S/c1-3-5-15-11(4-2)8-16(22-15)17(19)18-12-6-7-13-14(9-12)21-10-20-13/h6-9H,3-5,10H2,1-2H3,(H,18,19). The summed E-state index contributed by atoms with van der Waals surface area (Å²) in [4.78, 5) is 14.5. The number of amides is 1. The van der Waals surface area contributed by atoms with Gasteiger partial charge in [0, 0.05) is 16.6 Å². The molecule has 2 aromatic rings. The molecule has 1 aromatic heterocycles. The Balaban J connectivity index is 1.76. The quantitative estimate of drug-likeness (QED) is 0.897. The Hall–Kier alpha value is -2.01. The van der Waals surface area contributed by atoms with E-state index in [1.54, 1.807) is 17.4 Å². The SMILES string of the molecule is CCCc1sc(C(=O)Nc2ccc3c(c2)OCO3)cc1CC. The molecule has 4 nitrogen and oxygen atoms in total. The number of benzene rings is 1. The summed E-state index contributed by atoms with van der Waals surface area (Å²) in [7, 11) is 0. The normalized spacial score (nSPS) is 12.5. The summed E-state index contributed by atoms with van der Waals surface area (Å²) in [5, 5.41) is 2.93. The monoisotopic (exact) mass is 317 g/mol. The average Bonchev–Trinajstić information content (AvgIpc) is 3.13. The first kappa shape index (κ1) is 14.9. The van der Waals surface area contributed by atoms with Gasteiger partial charge in [-0.05, 0) is 36.6 Å². The first-order valence-electron chi connectivity index (χ1n) is 7.53. The number of carbonyl (C=O) groups excluding carboxylic acids is 1. The molecule has 0 aliphatic carbocycles. The van der Waals surface area contributed by atoms with Crippen molar-refractivity contribution < 1.29 is 14.3 Å². The van der Waals surface area contributed by atoms with Gasteiger partial charge in [-0.1, -0.05) is 20.3 Å². The third-order valence-electron chi connectivity index (χ3n) is 3.61. The molecule has 0 fully saturated rings. The molecular formula is C17H19NO3S. The van der Waals surface area contributed by atoms with Gasteiger partial charge in [-0.3, -0.25) is 4.79 Å². The number of ether oxygens (including phenoxy) is 2. The van der Waals surface area contributed by atoms with Crippen molar-refractivity contribution in [2.45, 2.75) is 33.1 Å². The average molecular weight is 317 g/mol. The predicted molar refractivity (Wildman–Crippen MR) is 88.2 cm³/mol. The highest BCUT2D eigenvalue weighted by Gasteiger charge is 2.16. The first-order chi connectivity index (χ1) is 10.7. The topological polar surface area (TPSA) is 47.6 Å². The molecule has 0 saturated carbocycles. The lowest BCUT2D eigenvalue weighted by Gasteiger charge is -2.04. The summed E-state index contributed by atoms with van der Waals surface area (Å²) >= 11 is 1.59. The van der Waals surface area contributed by atoms with Gasteiger partial charge in [0.05, 0.1) is 4.88 Å². The van der Waals surface area contributed by atoms with E-state index in [0.29, 0.717) is 11.5 Å². The molecule has 0 saturated heterocycles. The smallest absolute Gasteiger partial charge is 0.265 e. The zero-order valence-electron chi connectivity index (χ0n) is 12.8. The second kappa shape index (κ2) is 6.40. The maximum Gasteiger partial charge on any atom is 0.265 e. The van der Waals surface area contributed by atoms with Crippen molar-refractivity contribution in [2.24, 2.45) is 0 Å². The number of fused-ring (bicyclic) bond motifs is 1. The fourth-order valence-corrected chi connectivity index (χ4v) is 3.73. The van der Waals surface area contributed by atoms with Crippen molar-refractivity contribution in [3.05, 3.63) is 39.6 Å². The molecule has 1 aliphatic heterocycles. The predicted octanol–water partition coefficient (Wildman–Crippen LogP) is 4.24. The van der Waals surface area contributed by atoms with Crippen molar-refractivity contribution in [1.29, 1.82) is 0 Å². The van der Waals surface area contributed by atoms with Crippen LogP contribution in [0.1, 0.15) is 40.4 Å². The van der Waals surface area contributed by atoms with Crippen molar-refractivity contribution in [3.8, 4) is 11.5 Å². The van der Waals surface area contributed by atoms with E-state index < -0.39 is 0 Å². The second-order valence-corrected chi connectivity index (χ2v) is 6.32. The molecule has 0 bridgehead atoms. The number of hydrogen-bond acceptors (Lipinski definition) is 4. The molecule has 2 heterocycles. The van der Waals surface area contributed by atoms with Crippen LogP contribution in [0.3, 0.4) is 0 Å². The minimum atomic E-state index is -0.0686. The molecule has 1 aromatic carbocycles. The molecule has 5 heteroatoms. The van der Waals surface area contributed by atoms with E-state index in [4.69, 9.17) is 9.47 Å².